The maximum Gasteiger partial charge on any atom is 0.142 e. The fourth-order valence-electron chi connectivity index (χ4n) is 7.14. The second-order valence-electron chi connectivity index (χ2n) is 12.5. The molecule has 2 radical (unpaired) electrons. The third-order valence-corrected chi connectivity index (χ3v) is 10.7. The van der Waals surface area contributed by atoms with Gasteiger partial charge in [0, 0.05) is 26.8 Å². The predicted octanol–water partition coefficient (Wildman–Crippen LogP) is 11.4. The quantitative estimate of drug-likeness (QED) is 0.142. The number of anilines is 3. The summed E-state index contributed by atoms with van der Waals surface area (Å²) in [6.45, 7) is 0. The SMILES string of the molecule is [B]c1nc(N(c2ccc(-c3ccc4ccc5ccccc5c4c3)cc2)c2ccc3c(c2)sc2cc4ccccc4nc23)cc2ccccc12. The Balaban J connectivity index is 1.12. The summed E-state index contributed by atoms with van der Waals surface area (Å²) in [5, 5.41) is 9.32. The van der Waals surface area contributed by atoms with E-state index in [2.05, 4.69) is 138 Å². The van der Waals surface area contributed by atoms with Crippen LogP contribution in [-0.4, -0.2) is 17.8 Å². The molecule has 0 aliphatic rings. The molecule has 3 heterocycles. The Morgan fingerprint density at radius 3 is 1.98 bits per heavy atom. The van der Waals surface area contributed by atoms with Gasteiger partial charge in [0.25, 0.3) is 0 Å². The zero-order valence-electron chi connectivity index (χ0n) is 26.3. The van der Waals surface area contributed by atoms with Gasteiger partial charge < -0.3 is 0 Å². The lowest BCUT2D eigenvalue weighted by molar-refractivity contribution is 1.21. The highest BCUT2D eigenvalue weighted by atomic mass is 32.1. The predicted molar refractivity (Wildman–Crippen MR) is 210 cm³/mol. The van der Waals surface area contributed by atoms with Gasteiger partial charge in [0.05, 0.1) is 15.7 Å². The molecular formula is C44H26BN3S. The van der Waals surface area contributed by atoms with Gasteiger partial charge >= 0.3 is 0 Å². The van der Waals surface area contributed by atoms with Crippen LogP contribution in [-0.2, 0) is 0 Å². The highest BCUT2D eigenvalue weighted by molar-refractivity contribution is 7.25. The third kappa shape index (κ3) is 4.66. The van der Waals surface area contributed by atoms with E-state index in [-0.39, 0.29) is 0 Å². The second-order valence-corrected chi connectivity index (χ2v) is 13.6. The molecule has 0 saturated heterocycles. The summed E-state index contributed by atoms with van der Waals surface area (Å²) in [7, 11) is 6.58. The lowest BCUT2D eigenvalue weighted by Gasteiger charge is -2.25. The molecule has 0 aliphatic carbocycles. The molecule has 10 aromatic rings. The molecule has 0 saturated carbocycles. The number of benzene rings is 7. The molecule has 0 aliphatic heterocycles. The number of nitrogens with zero attached hydrogens (tertiary/aromatic N) is 3. The first kappa shape index (κ1) is 28.0. The van der Waals surface area contributed by atoms with Crippen LogP contribution >= 0.6 is 11.3 Å². The molecule has 3 nitrogen and oxygen atoms in total. The van der Waals surface area contributed by atoms with E-state index in [0.29, 0.717) is 5.59 Å². The van der Waals surface area contributed by atoms with E-state index in [9.17, 15) is 0 Å². The van der Waals surface area contributed by atoms with E-state index < -0.39 is 0 Å². The molecular weight excluding hydrogens is 613 g/mol. The Morgan fingerprint density at radius 2 is 1.12 bits per heavy atom. The number of para-hydroxylation sites is 1. The highest BCUT2D eigenvalue weighted by Gasteiger charge is 2.18. The molecule has 3 aromatic heterocycles. The number of aromatic nitrogens is 2. The second kappa shape index (κ2) is 11.0. The van der Waals surface area contributed by atoms with Gasteiger partial charge in [-0.25, -0.2) is 9.97 Å². The summed E-state index contributed by atoms with van der Waals surface area (Å²) in [6.07, 6.45) is 0. The van der Waals surface area contributed by atoms with Gasteiger partial charge in [0.1, 0.15) is 13.7 Å². The molecule has 0 spiro atoms. The first-order valence-corrected chi connectivity index (χ1v) is 17.2. The van der Waals surface area contributed by atoms with Crippen molar-refractivity contribution in [3.8, 4) is 11.1 Å². The summed E-state index contributed by atoms with van der Waals surface area (Å²) < 4.78 is 2.35. The van der Waals surface area contributed by atoms with Gasteiger partial charge in [-0.3, -0.25) is 4.90 Å². The molecule has 5 heteroatoms. The van der Waals surface area contributed by atoms with Crippen LogP contribution in [0.3, 0.4) is 0 Å². The number of hydrogen-bond donors (Lipinski definition) is 0. The number of pyridine rings is 2. The third-order valence-electron chi connectivity index (χ3n) is 9.58. The van der Waals surface area contributed by atoms with Crippen molar-refractivity contribution in [2.75, 3.05) is 4.90 Å². The molecule has 0 unspecified atom stereocenters. The molecule has 7 aromatic carbocycles. The Bertz CT molecular complexity index is 2910. The number of fused-ring (bicyclic) bond motifs is 8. The summed E-state index contributed by atoms with van der Waals surface area (Å²) in [5.41, 5.74) is 6.91. The summed E-state index contributed by atoms with van der Waals surface area (Å²) in [5.74, 6) is 0.769. The van der Waals surface area contributed by atoms with Crippen LogP contribution in [0.2, 0.25) is 0 Å². The maximum absolute atomic E-state index is 6.58. The summed E-state index contributed by atoms with van der Waals surface area (Å²) in [4.78, 5) is 12.2. The zero-order valence-corrected chi connectivity index (χ0v) is 27.2. The molecule has 0 atom stereocenters. The fourth-order valence-corrected chi connectivity index (χ4v) is 8.27. The maximum atomic E-state index is 6.58. The first-order valence-electron chi connectivity index (χ1n) is 16.4. The average Bonchev–Trinajstić information content (AvgIpc) is 3.50. The molecule has 226 valence electrons. The molecule has 0 N–H and O–H groups in total. The largest absolute Gasteiger partial charge is 0.295 e. The number of rotatable bonds is 4. The van der Waals surface area contributed by atoms with E-state index >= 15 is 0 Å². The van der Waals surface area contributed by atoms with Gasteiger partial charge in [-0.2, -0.15) is 0 Å². The van der Waals surface area contributed by atoms with Crippen LogP contribution in [0.1, 0.15) is 0 Å². The molecule has 0 bridgehead atoms. The van der Waals surface area contributed by atoms with Crippen molar-refractivity contribution in [1.82, 2.24) is 9.97 Å². The van der Waals surface area contributed by atoms with Crippen LogP contribution < -0.4 is 10.5 Å². The first-order chi connectivity index (χ1) is 24.2. The van der Waals surface area contributed by atoms with Crippen LogP contribution in [0.4, 0.5) is 17.2 Å². The van der Waals surface area contributed by atoms with E-state index in [1.54, 1.807) is 11.3 Å². The smallest absolute Gasteiger partial charge is 0.142 e. The molecule has 0 fully saturated rings. The molecule has 0 amide bonds. The summed E-state index contributed by atoms with van der Waals surface area (Å²) >= 11 is 1.77. The van der Waals surface area contributed by atoms with Gasteiger partial charge in [-0.05, 0) is 104 Å². The Hall–Kier alpha value is -6.04. The Kier molecular flexibility index (Phi) is 6.30. The topological polar surface area (TPSA) is 29.0 Å². The number of thiophene rings is 1. The van der Waals surface area contributed by atoms with Crippen molar-refractivity contribution in [3.63, 3.8) is 0 Å². The molecule has 49 heavy (non-hydrogen) atoms. The van der Waals surface area contributed by atoms with Crippen LogP contribution in [0.5, 0.6) is 0 Å². The van der Waals surface area contributed by atoms with Crippen molar-refractivity contribution in [1.29, 1.82) is 0 Å². The van der Waals surface area contributed by atoms with Gasteiger partial charge in [0.15, 0.2) is 0 Å². The normalized spacial score (nSPS) is 11.8. The monoisotopic (exact) mass is 639 g/mol. The van der Waals surface area contributed by atoms with Crippen LogP contribution in [0.15, 0.2) is 158 Å². The minimum atomic E-state index is 0.511. The Morgan fingerprint density at radius 1 is 0.449 bits per heavy atom. The fraction of sp³-hybridized carbons (Fsp3) is 0. The minimum absolute atomic E-state index is 0.511. The highest BCUT2D eigenvalue weighted by Crippen LogP contribution is 2.41. The number of hydrogen-bond acceptors (Lipinski definition) is 4. The molecule has 10 rings (SSSR count). The average molecular weight is 640 g/mol. The Labute approximate surface area is 288 Å². The standard InChI is InChI=1S/C44H26BN3S/c45-44-36-11-5-2-8-31(36)25-42(47-44)48(34-21-22-37-40(26-34)49-41-24-32-9-3-6-12-39(32)46-43(37)41)33-19-17-27(18-20-33)30-16-15-29-14-13-28-7-1-4-10-35(28)38(29)23-30/h1-26H. The lowest BCUT2D eigenvalue weighted by Crippen LogP contribution is -2.18. The van der Waals surface area contributed by atoms with Gasteiger partial charge in [0.2, 0.25) is 0 Å². The van der Waals surface area contributed by atoms with E-state index in [4.69, 9.17) is 17.8 Å². The van der Waals surface area contributed by atoms with E-state index in [0.717, 1.165) is 55.3 Å². The van der Waals surface area contributed by atoms with Crippen molar-refractivity contribution in [2.24, 2.45) is 0 Å². The van der Waals surface area contributed by atoms with Crippen LogP contribution in [0.25, 0.3) is 74.6 Å². The van der Waals surface area contributed by atoms with Crippen molar-refractivity contribution in [3.05, 3.63) is 158 Å². The van der Waals surface area contributed by atoms with E-state index in [1.165, 1.54) is 36.5 Å². The van der Waals surface area contributed by atoms with Gasteiger partial charge in [-0.15, -0.1) is 11.3 Å². The van der Waals surface area contributed by atoms with E-state index in [1.807, 2.05) is 24.3 Å². The van der Waals surface area contributed by atoms with Crippen molar-refractivity contribution >= 4 is 105 Å². The summed E-state index contributed by atoms with van der Waals surface area (Å²) in [6, 6.07) is 55.9. The van der Waals surface area contributed by atoms with Gasteiger partial charge in [-0.1, -0.05) is 103 Å². The van der Waals surface area contributed by atoms with Crippen molar-refractivity contribution < 1.29 is 0 Å². The van der Waals surface area contributed by atoms with Crippen molar-refractivity contribution in [2.45, 2.75) is 0 Å². The minimum Gasteiger partial charge on any atom is -0.295 e. The lowest BCUT2D eigenvalue weighted by atomic mass is 9.96. The van der Waals surface area contributed by atoms with Crippen LogP contribution in [0, 0.1) is 0 Å². The zero-order chi connectivity index (χ0) is 32.5.